The average Bonchev–Trinajstić information content (AvgIpc) is 2.80. The smallest absolute Gasteiger partial charge is 0.326 e. The second-order valence-electron chi connectivity index (χ2n) is 3.98. The van der Waals surface area contributed by atoms with Crippen LogP contribution in [0.5, 0.6) is 0 Å². The molecule has 0 aliphatic carbocycles. The van der Waals surface area contributed by atoms with Gasteiger partial charge in [0.2, 0.25) is 0 Å². The highest BCUT2D eigenvalue weighted by molar-refractivity contribution is 7.99. The summed E-state index contributed by atoms with van der Waals surface area (Å²) in [6, 6.07) is -1.24. The third kappa shape index (κ3) is 4.08. The Morgan fingerprint density at radius 3 is 2.76 bits per heavy atom. The van der Waals surface area contributed by atoms with Crippen LogP contribution in [0.3, 0.4) is 0 Å². The van der Waals surface area contributed by atoms with Crippen molar-refractivity contribution in [1.82, 2.24) is 10.2 Å². The summed E-state index contributed by atoms with van der Waals surface area (Å²) in [5.41, 5.74) is 0. The number of hydrogen-bond acceptors (Lipinski definition) is 4. The minimum atomic E-state index is -1.12. The number of amides is 2. The Labute approximate surface area is 104 Å². The Morgan fingerprint density at radius 2 is 2.29 bits per heavy atom. The number of carboxylic acid groups (broad SMARTS) is 1. The predicted octanol–water partition coefficient (Wildman–Crippen LogP) is -0.0311. The quantitative estimate of drug-likeness (QED) is 0.647. The molecule has 7 heteroatoms. The van der Waals surface area contributed by atoms with E-state index in [0.29, 0.717) is 0 Å². The maximum absolute atomic E-state index is 11.8. The number of urea groups is 1. The molecule has 1 aliphatic rings. The number of aliphatic carboxylic acids is 1. The molecule has 0 spiro atoms. The average molecular weight is 262 g/mol. The third-order valence-electron chi connectivity index (χ3n) is 2.79. The first-order valence-electron chi connectivity index (χ1n) is 5.51. The number of carboxylic acids is 1. The number of nitrogens with one attached hydrogen (secondary N) is 1. The van der Waals surface area contributed by atoms with E-state index >= 15 is 0 Å². The fourth-order valence-corrected chi connectivity index (χ4v) is 2.90. The van der Waals surface area contributed by atoms with E-state index in [2.05, 4.69) is 5.32 Å². The number of carbonyl (C=O) groups excluding carboxylic acids is 1. The van der Waals surface area contributed by atoms with Gasteiger partial charge in [-0.05, 0) is 12.2 Å². The fraction of sp³-hybridized carbons (Fsp3) is 0.800. The van der Waals surface area contributed by atoms with Crippen LogP contribution in [-0.4, -0.2) is 64.4 Å². The summed E-state index contributed by atoms with van der Waals surface area (Å²) in [5, 5.41) is 20.0. The molecule has 0 radical (unpaired) electrons. The number of thioether (sulfide) groups is 1. The molecule has 2 amide bonds. The van der Waals surface area contributed by atoms with Crippen molar-refractivity contribution in [1.29, 1.82) is 0 Å². The highest BCUT2D eigenvalue weighted by Gasteiger charge is 2.27. The van der Waals surface area contributed by atoms with Gasteiger partial charge in [-0.3, -0.25) is 0 Å². The van der Waals surface area contributed by atoms with E-state index in [1.807, 2.05) is 0 Å². The second-order valence-corrected chi connectivity index (χ2v) is 5.13. The van der Waals surface area contributed by atoms with Gasteiger partial charge in [-0.25, -0.2) is 9.59 Å². The zero-order chi connectivity index (χ0) is 12.8. The van der Waals surface area contributed by atoms with Gasteiger partial charge in [0.05, 0.1) is 0 Å². The van der Waals surface area contributed by atoms with Crippen LogP contribution in [0.15, 0.2) is 0 Å². The molecule has 0 bridgehead atoms. The Morgan fingerprint density at radius 1 is 1.59 bits per heavy atom. The topological polar surface area (TPSA) is 89.9 Å². The number of aliphatic hydroxyl groups is 1. The normalized spacial score (nSPS) is 20.9. The number of rotatable bonds is 5. The molecule has 1 aliphatic heterocycles. The van der Waals surface area contributed by atoms with Gasteiger partial charge in [-0.15, -0.1) is 0 Å². The summed E-state index contributed by atoms with van der Waals surface area (Å²) in [6.07, 6.45) is 0.959. The van der Waals surface area contributed by atoms with Crippen LogP contribution < -0.4 is 5.32 Å². The highest BCUT2D eigenvalue weighted by Crippen LogP contribution is 2.21. The van der Waals surface area contributed by atoms with Crippen molar-refractivity contribution in [2.75, 3.05) is 25.2 Å². The van der Waals surface area contributed by atoms with Crippen molar-refractivity contribution in [3.63, 3.8) is 0 Å². The van der Waals surface area contributed by atoms with Crippen molar-refractivity contribution in [2.45, 2.75) is 24.9 Å². The predicted molar refractivity (Wildman–Crippen MR) is 65.2 cm³/mol. The largest absolute Gasteiger partial charge is 0.480 e. The molecule has 3 N–H and O–H groups in total. The summed E-state index contributed by atoms with van der Waals surface area (Å²) in [4.78, 5) is 24.1. The zero-order valence-corrected chi connectivity index (χ0v) is 10.6. The lowest BCUT2D eigenvalue weighted by Gasteiger charge is -2.25. The van der Waals surface area contributed by atoms with Crippen LogP contribution in [-0.2, 0) is 4.79 Å². The van der Waals surface area contributed by atoms with E-state index in [1.165, 1.54) is 0 Å². The SMILES string of the molecule is CN(C(=O)N[C@H](CCO)C(=O)O)C1CCSC1. The van der Waals surface area contributed by atoms with Gasteiger partial charge < -0.3 is 20.4 Å². The molecule has 6 nitrogen and oxygen atoms in total. The monoisotopic (exact) mass is 262 g/mol. The van der Waals surface area contributed by atoms with Crippen molar-refractivity contribution >= 4 is 23.8 Å². The van der Waals surface area contributed by atoms with Crippen molar-refractivity contribution < 1.29 is 19.8 Å². The summed E-state index contributed by atoms with van der Waals surface area (Å²) < 4.78 is 0. The van der Waals surface area contributed by atoms with E-state index in [4.69, 9.17) is 10.2 Å². The lowest BCUT2D eigenvalue weighted by molar-refractivity contribution is -0.139. The third-order valence-corrected chi connectivity index (χ3v) is 3.93. The Hall–Kier alpha value is -0.950. The van der Waals surface area contributed by atoms with E-state index in [0.717, 1.165) is 17.9 Å². The lowest BCUT2D eigenvalue weighted by Crippen LogP contribution is -2.50. The van der Waals surface area contributed by atoms with E-state index < -0.39 is 18.0 Å². The second kappa shape index (κ2) is 6.70. The molecule has 1 heterocycles. The molecule has 0 aromatic heterocycles. The molecular formula is C10H18N2O4S. The molecular weight excluding hydrogens is 244 g/mol. The summed E-state index contributed by atoms with van der Waals surface area (Å²) in [6.45, 7) is -0.264. The van der Waals surface area contributed by atoms with Gasteiger partial charge in [0.25, 0.3) is 0 Å². The van der Waals surface area contributed by atoms with E-state index in [9.17, 15) is 9.59 Å². The van der Waals surface area contributed by atoms with Gasteiger partial charge >= 0.3 is 12.0 Å². The zero-order valence-electron chi connectivity index (χ0n) is 9.76. The minimum absolute atomic E-state index is 0.0222. The first kappa shape index (κ1) is 14.1. The standard InChI is InChI=1S/C10H18N2O4S/c1-12(7-3-5-17-6-7)10(16)11-8(2-4-13)9(14)15/h7-8,13H,2-6H2,1H3,(H,11,16)(H,14,15)/t7?,8-/m1/s1. The molecule has 1 rings (SSSR count). The molecule has 2 atom stereocenters. The van der Waals surface area contributed by atoms with E-state index in [1.54, 1.807) is 23.7 Å². The van der Waals surface area contributed by atoms with Gasteiger partial charge in [-0.2, -0.15) is 11.8 Å². The molecule has 1 saturated heterocycles. The van der Waals surface area contributed by atoms with Crippen LogP contribution in [0.1, 0.15) is 12.8 Å². The molecule has 0 saturated carbocycles. The maximum atomic E-state index is 11.8. The van der Waals surface area contributed by atoms with Gasteiger partial charge in [0.1, 0.15) is 6.04 Å². The van der Waals surface area contributed by atoms with Crippen LogP contribution in [0, 0.1) is 0 Å². The lowest BCUT2D eigenvalue weighted by atomic mass is 10.2. The molecule has 1 fully saturated rings. The number of hydrogen-bond donors (Lipinski definition) is 3. The molecule has 0 aromatic carbocycles. The van der Waals surface area contributed by atoms with Gasteiger partial charge in [0.15, 0.2) is 0 Å². The van der Waals surface area contributed by atoms with Gasteiger partial charge in [0, 0.05) is 31.9 Å². The Kier molecular flexibility index (Phi) is 5.57. The fourth-order valence-electron chi connectivity index (χ4n) is 1.63. The van der Waals surface area contributed by atoms with Crippen molar-refractivity contribution in [3.8, 4) is 0 Å². The molecule has 17 heavy (non-hydrogen) atoms. The van der Waals surface area contributed by atoms with Crippen LogP contribution in [0.25, 0.3) is 0 Å². The number of carbonyl (C=O) groups is 2. The van der Waals surface area contributed by atoms with Crippen molar-refractivity contribution in [3.05, 3.63) is 0 Å². The van der Waals surface area contributed by atoms with E-state index in [-0.39, 0.29) is 19.1 Å². The maximum Gasteiger partial charge on any atom is 0.326 e. The summed E-state index contributed by atoms with van der Waals surface area (Å²) in [5.74, 6) is 0.796. The van der Waals surface area contributed by atoms with Gasteiger partial charge in [-0.1, -0.05) is 0 Å². The molecule has 98 valence electrons. The first-order valence-corrected chi connectivity index (χ1v) is 6.66. The molecule has 0 aromatic rings. The summed E-state index contributed by atoms with van der Waals surface area (Å²) in [7, 11) is 1.67. The molecule has 1 unspecified atom stereocenters. The van der Waals surface area contributed by atoms with Crippen LogP contribution in [0.4, 0.5) is 4.79 Å². The number of aliphatic hydroxyl groups excluding tert-OH is 1. The van der Waals surface area contributed by atoms with Crippen LogP contribution >= 0.6 is 11.8 Å². The highest BCUT2D eigenvalue weighted by atomic mass is 32.2. The van der Waals surface area contributed by atoms with Crippen molar-refractivity contribution in [2.24, 2.45) is 0 Å². The Balaban J connectivity index is 2.47. The first-order chi connectivity index (χ1) is 8.06. The Bertz CT molecular complexity index is 281. The van der Waals surface area contributed by atoms with Crippen LogP contribution in [0.2, 0.25) is 0 Å². The summed E-state index contributed by atoms with van der Waals surface area (Å²) >= 11 is 1.79. The number of nitrogens with zero attached hydrogens (tertiary/aromatic N) is 1. The minimum Gasteiger partial charge on any atom is -0.480 e.